The second-order valence-corrected chi connectivity index (χ2v) is 7.92. The monoisotopic (exact) mass is 314 g/mol. The maximum atomic E-state index is 12.6. The number of hydrogen-bond donors (Lipinski definition) is 1. The van der Waals surface area contributed by atoms with E-state index in [0.717, 1.165) is 9.75 Å². The van der Waals surface area contributed by atoms with Crippen LogP contribution in [-0.2, 0) is 17.1 Å². The molecule has 0 aliphatic heterocycles. The van der Waals surface area contributed by atoms with Crippen molar-refractivity contribution in [3.05, 3.63) is 28.2 Å². The maximum absolute atomic E-state index is 12.6. The van der Waals surface area contributed by atoms with E-state index in [1.54, 1.807) is 25.4 Å². The van der Waals surface area contributed by atoms with Gasteiger partial charge in [-0.15, -0.1) is 11.3 Å². The van der Waals surface area contributed by atoms with Crippen LogP contribution in [0.2, 0.25) is 0 Å². The van der Waals surface area contributed by atoms with Crippen LogP contribution in [0.4, 0.5) is 5.82 Å². The molecule has 20 heavy (non-hydrogen) atoms. The number of nitrogen functional groups attached to an aromatic ring is 1. The van der Waals surface area contributed by atoms with Crippen LogP contribution in [-0.4, -0.2) is 29.3 Å². The summed E-state index contributed by atoms with van der Waals surface area (Å²) >= 11 is 1.59. The topological polar surface area (TPSA) is 81.2 Å². The summed E-state index contributed by atoms with van der Waals surface area (Å²) in [5.41, 5.74) is 5.67. The second-order valence-electron chi connectivity index (χ2n) is 4.69. The fraction of sp³-hybridized carbons (Fsp3) is 0.417. The Balaban J connectivity index is 2.39. The number of rotatable bonds is 4. The summed E-state index contributed by atoms with van der Waals surface area (Å²) in [6.07, 6.45) is 1.40. The van der Waals surface area contributed by atoms with E-state index in [9.17, 15) is 8.42 Å². The molecule has 0 fully saturated rings. The molecule has 8 heteroatoms. The molecule has 0 amide bonds. The van der Waals surface area contributed by atoms with Crippen molar-refractivity contribution in [1.29, 1.82) is 0 Å². The Labute approximate surface area is 122 Å². The van der Waals surface area contributed by atoms with Gasteiger partial charge in [-0.3, -0.25) is 0 Å². The van der Waals surface area contributed by atoms with Gasteiger partial charge >= 0.3 is 0 Å². The lowest BCUT2D eigenvalue weighted by atomic mass is 10.3. The number of nitrogens with zero attached hydrogens (tertiary/aromatic N) is 3. The zero-order chi connectivity index (χ0) is 15.1. The first-order valence-corrected chi connectivity index (χ1v) is 8.32. The van der Waals surface area contributed by atoms with Gasteiger partial charge in [-0.05, 0) is 26.0 Å². The highest BCUT2D eigenvalue weighted by Crippen LogP contribution is 2.31. The molecular weight excluding hydrogens is 296 g/mol. The molecule has 6 nitrogen and oxygen atoms in total. The van der Waals surface area contributed by atoms with E-state index in [2.05, 4.69) is 4.98 Å². The Kier molecular flexibility index (Phi) is 3.90. The predicted molar refractivity (Wildman–Crippen MR) is 80.0 cm³/mol. The van der Waals surface area contributed by atoms with Crippen LogP contribution in [0.15, 0.2) is 23.5 Å². The van der Waals surface area contributed by atoms with Crippen LogP contribution in [0.3, 0.4) is 0 Å². The minimum Gasteiger partial charge on any atom is -0.381 e. The van der Waals surface area contributed by atoms with Crippen molar-refractivity contribution >= 4 is 27.2 Å². The third kappa shape index (κ3) is 2.46. The van der Waals surface area contributed by atoms with Gasteiger partial charge in [-0.25, -0.2) is 13.4 Å². The molecule has 0 radical (unpaired) electrons. The highest BCUT2D eigenvalue weighted by Gasteiger charge is 2.31. The van der Waals surface area contributed by atoms with Crippen molar-refractivity contribution in [3.63, 3.8) is 0 Å². The predicted octanol–water partition coefficient (Wildman–Crippen LogP) is 1.75. The molecule has 0 spiro atoms. The van der Waals surface area contributed by atoms with Gasteiger partial charge in [0.05, 0.1) is 12.4 Å². The first kappa shape index (κ1) is 15.0. The molecule has 0 bridgehead atoms. The molecule has 2 heterocycles. The van der Waals surface area contributed by atoms with E-state index in [4.69, 9.17) is 5.73 Å². The molecule has 0 aliphatic rings. The van der Waals surface area contributed by atoms with Gasteiger partial charge in [0.2, 0.25) is 0 Å². The number of anilines is 1. The van der Waals surface area contributed by atoms with Gasteiger partial charge in [0, 0.05) is 23.8 Å². The van der Waals surface area contributed by atoms with Gasteiger partial charge in [-0.2, -0.15) is 4.31 Å². The Morgan fingerprint density at radius 3 is 2.55 bits per heavy atom. The van der Waals surface area contributed by atoms with Gasteiger partial charge in [0.15, 0.2) is 10.8 Å². The zero-order valence-corrected chi connectivity index (χ0v) is 13.5. The molecule has 1 atom stereocenters. The van der Waals surface area contributed by atoms with Gasteiger partial charge in [0.1, 0.15) is 0 Å². The van der Waals surface area contributed by atoms with Crippen molar-refractivity contribution < 1.29 is 8.42 Å². The minimum atomic E-state index is -3.68. The van der Waals surface area contributed by atoms with Crippen LogP contribution in [0.25, 0.3) is 0 Å². The molecule has 110 valence electrons. The standard InChI is InChI=1S/C12H18N4O2S2/c1-8-5-6-10(19-8)9(2)16(4)20(17,18)12-11(13)14-7-15(12)3/h5-7,9H,13H2,1-4H3. The van der Waals surface area contributed by atoms with Crippen LogP contribution in [0.5, 0.6) is 0 Å². The SMILES string of the molecule is Cc1ccc(C(C)N(C)S(=O)(=O)c2c(N)ncn2C)s1. The lowest BCUT2D eigenvalue weighted by molar-refractivity contribution is 0.399. The number of hydrogen-bond acceptors (Lipinski definition) is 5. The summed E-state index contributed by atoms with van der Waals surface area (Å²) in [5, 5.41) is 0.0279. The summed E-state index contributed by atoms with van der Waals surface area (Å²) in [6, 6.07) is 3.67. The lowest BCUT2D eigenvalue weighted by Gasteiger charge is -2.23. The fourth-order valence-electron chi connectivity index (χ4n) is 1.95. The van der Waals surface area contributed by atoms with Gasteiger partial charge < -0.3 is 10.3 Å². The molecular formula is C12H18N4O2S2. The second kappa shape index (κ2) is 5.19. The Bertz CT molecular complexity index is 698. The summed E-state index contributed by atoms with van der Waals surface area (Å²) in [6.45, 7) is 3.85. The fourth-order valence-corrected chi connectivity index (χ4v) is 4.52. The summed E-state index contributed by atoms with van der Waals surface area (Å²) < 4.78 is 28.0. The van der Waals surface area contributed by atoms with E-state index < -0.39 is 10.0 Å². The average molecular weight is 314 g/mol. The quantitative estimate of drug-likeness (QED) is 0.932. The number of aromatic nitrogens is 2. The Morgan fingerprint density at radius 1 is 1.45 bits per heavy atom. The van der Waals surface area contributed by atoms with Crippen molar-refractivity contribution in [2.24, 2.45) is 7.05 Å². The molecule has 0 saturated carbocycles. The van der Waals surface area contributed by atoms with E-state index in [1.807, 2.05) is 26.0 Å². The smallest absolute Gasteiger partial charge is 0.262 e. The normalized spacial score (nSPS) is 13.8. The lowest BCUT2D eigenvalue weighted by Crippen LogP contribution is -2.31. The summed E-state index contributed by atoms with van der Waals surface area (Å²) in [5.74, 6) is 0.0221. The van der Waals surface area contributed by atoms with Gasteiger partial charge in [-0.1, -0.05) is 0 Å². The van der Waals surface area contributed by atoms with E-state index >= 15 is 0 Å². The van der Waals surface area contributed by atoms with E-state index in [-0.39, 0.29) is 16.9 Å². The largest absolute Gasteiger partial charge is 0.381 e. The number of aryl methyl sites for hydroxylation is 2. The third-order valence-electron chi connectivity index (χ3n) is 3.25. The number of imidazole rings is 1. The highest BCUT2D eigenvalue weighted by molar-refractivity contribution is 7.89. The minimum absolute atomic E-state index is 0.0221. The first-order chi connectivity index (χ1) is 9.25. The van der Waals surface area contributed by atoms with Crippen LogP contribution in [0, 0.1) is 6.92 Å². The Morgan fingerprint density at radius 2 is 2.10 bits per heavy atom. The van der Waals surface area contributed by atoms with E-state index in [1.165, 1.54) is 15.2 Å². The molecule has 0 saturated heterocycles. The Hall–Kier alpha value is -1.38. The molecule has 2 aromatic heterocycles. The van der Waals surface area contributed by atoms with Crippen molar-refractivity contribution in [1.82, 2.24) is 13.9 Å². The molecule has 1 unspecified atom stereocenters. The highest BCUT2D eigenvalue weighted by atomic mass is 32.2. The molecule has 0 aliphatic carbocycles. The van der Waals surface area contributed by atoms with Gasteiger partial charge in [0.25, 0.3) is 10.0 Å². The average Bonchev–Trinajstić information content (AvgIpc) is 2.94. The van der Waals surface area contributed by atoms with Crippen LogP contribution >= 0.6 is 11.3 Å². The number of sulfonamides is 1. The van der Waals surface area contributed by atoms with Crippen molar-refractivity contribution in [2.45, 2.75) is 24.9 Å². The van der Waals surface area contributed by atoms with Crippen molar-refractivity contribution in [2.75, 3.05) is 12.8 Å². The molecule has 0 aromatic carbocycles. The molecule has 2 rings (SSSR count). The summed E-state index contributed by atoms with van der Waals surface area (Å²) in [7, 11) is -0.507. The van der Waals surface area contributed by atoms with Crippen LogP contribution < -0.4 is 5.73 Å². The zero-order valence-electron chi connectivity index (χ0n) is 11.9. The first-order valence-electron chi connectivity index (χ1n) is 6.06. The number of nitrogens with two attached hydrogens (primary N) is 1. The van der Waals surface area contributed by atoms with E-state index in [0.29, 0.717) is 0 Å². The summed E-state index contributed by atoms with van der Waals surface area (Å²) in [4.78, 5) is 5.98. The maximum Gasteiger partial charge on any atom is 0.262 e. The molecule has 2 N–H and O–H groups in total. The van der Waals surface area contributed by atoms with Crippen molar-refractivity contribution in [3.8, 4) is 0 Å². The number of thiophene rings is 1. The third-order valence-corrected chi connectivity index (χ3v) is 6.48. The molecule has 2 aromatic rings. The van der Waals surface area contributed by atoms with Crippen LogP contribution in [0.1, 0.15) is 22.7 Å².